The number of anilines is 3. The first kappa shape index (κ1) is 32.0. The molecule has 0 radical (unpaired) electrons. The number of nitriles is 1. The van der Waals surface area contributed by atoms with E-state index in [0.717, 1.165) is 48.4 Å². The highest BCUT2D eigenvalue weighted by atomic mass is 16.2. The smallest absolute Gasteiger partial charge is 0.246 e. The van der Waals surface area contributed by atoms with Crippen molar-refractivity contribution < 1.29 is 9.59 Å². The molecule has 0 saturated carbocycles. The number of amides is 2. The zero-order chi connectivity index (χ0) is 29.5. The average Bonchev–Trinajstić information content (AvgIpc) is 2.94. The number of likely N-dealkylation sites (N-methyl/N-ethyl adjacent to an activating group) is 2. The Hall–Kier alpha value is -4.23. The van der Waals surface area contributed by atoms with Crippen LogP contribution in [0, 0.1) is 11.3 Å². The van der Waals surface area contributed by atoms with Crippen molar-refractivity contribution in [3.8, 4) is 6.07 Å². The number of carbonyl (C=O) groups is 2. The summed E-state index contributed by atoms with van der Waals surface area (Å²) in [5, 5.41) is 18.5. The fourth-order valence-corrected chi connectivity index (χ4v) is 3.61. The molecule has 2 rings (SSSR count). The van der Waals surface area contributed by atoms with Crippen LogP contribution in [0.1, 0.15) is 51.2 Å². The van der Waals surface area contributed by atoms with E-state index in [-0.39, 0.29) is 11.8 Å². The summed E-state index contributed by atoms with van der Waals surface area (Å²) in [5.41, 5.74) is 3.41. The van der Waals surface area contributed by atoms with Gasteiger partial charge >= 0.3 is 0 Å². The van der Waals surface area contributed by atoms with Crippen molar-refractivity contribution >= 4 is 35.3 Å². The molecule has 3 N–H and O–H groups in total. The van der Waals surface area contributed by atoms with E-state index in [9.17, 15) is 9.59 Å². The zero-order valence-corrected chi connectivity index (χ0v) is 24.5. The Morgan fingerprint density at radius 1 is 1.15 bits per heavy atom. The van der Waals surface area contributed by atoms with E-state index in [0.29, 0.717) is 24.6 Å². The second-order valence-electron chi connectivity index (χ2n) is 9.91. The third-order valence-corrected chi connectivity index (χ3v) is 6.12. The van der Waals surface area contributed by atoms with Gasteiger partial charge in [-0.25, -0.2) is 4.98 Å². The van der Waals surface area contributed by atoms with Gasteiger partial charge in [0.2, 0.25) is 17.8 Å². The second kappa shape index (κ2) is 16.7. The molecule has 214 valence electrons. The van der Waals surface area contributed by atoms with Crippen LogP contribution in [0.15, 0.2) is 48.2 Å². The van der Waals surface area contributed by atoms with Gasteiger partial charge < -0.3 is 25.8 Å². The van der Waals surface area contributed by atoms with E-state index in [4.69, 9.17) is 5.26 Å². The fraction of sp³-hybridized carbons (Fsp3) is 0.433. The lowest BCUT2D eigenvalue weighted by Crippen LogP contribution is -2.45. The molecule has 0 fully saturated rings. The first-order chi connectivity index (χ1) is 19.1. The van der Waals surface area contributed by atoms with Crippen molar-refractivity contribution in [2.24, 2.45) is 0 Å². The van der Waals surface area contributed by atoms with Crippen LogP contribution in [0.5, 0.6) is 0 Å². The van der Waals surface area contributed by atoms with Crippen LogP contribution in [-0.2, 0) is 9.59 Å². The van der Waals surface area contributed by atoms with Gasteiger partial charge in [0, 0.05) is 50.2 Å². The molecule has 2 amide bonds. The Morgan fingerprint density at radius 3 is 2.52 bits per heavy atom. The fourth-order valence-electron chi connectivity index (χ4n) is 3.61. The quantitative estimate of drug-likeness (QED) is 0.224. The zero-order valence-electron chi connectivity index (χ0n) is 24.5. The highest BCUT2D eigenvalue weighted by Gasteiger charge is 2.20. The predicted octanol–water partition coefficient (Wildman–Crippen LogP) is 4.18. The number of nitrogens with zero attached hydrogens (tertiary/aromatic N) is 5. The van der Waals surface area contributed by atoms with Gasteiger partial charge in [-0.05, 0) is 71.5 Å². The Kier molecular flexibility index (Phi) is 13.3. The molecule has 40 heavy (non-hydrogen) atoms. The van der Waals surface area contributed by atoms with Crippen molar-refractivity contribution in [2.45, 2.75) is 46.1 Å². The van der Waals surface area contributed by atoms with Crippen LogP contribution in [-0.4, -0.2) is 78.4 Å². The molecule has 0 aliphatic rings. The summed E-state index contributed by atoms with van der Waals surface area (Å²) in [6.45, 7) is 7.81. The number of aromatic nitrogens is 2. The molecule has 0 saturated heterocycles. The van der Waals surface area contributed by atoms with Crippen molar-refractivity contribution in [2.75, 3.05) is 51.4 Å². The van der Waals surface area contributed by atoms with Gasteiger partial charge in [-0.3, -0.25) is 9.59 Å². The molecule has 0 spiro atoms. The van der Waals surface area contributed by atoms with Crippen LogP contribution in [0.25, 0.3) is 6.08 Å². The molecule has 1 heterocycles. The monoisotopic (exact) mass is 546 g/mol. The van der Waals surface area contributed by atoms with Crippen LogP contribution >= 0.6 is 0 Å². The number of benzene rings is 1. The van der Waals surface area contributed by atoms with Gasteiger partial charge in [-0.2, -0.15) is 10.2 Å². The third kappa shape index (κ3) is 10.9. The number of carbonyl (C=O) groups excluding carboxylic acids is 2. The maximum Gasteiger partial charge on any atom is 0.246 e. The van der Waals surface area contributed by atoms with E-state index in [1.807, 2.05) is 38.1 Å². The Bertz CT molecular complexity index is 1220. The molecule has 0 aliphatic heterocycles. The van der Waals surface area contributed by atoms with Gasteiger partial charge in [-0.1, -0.05) is 24.6 Å². The number of hydrogen-bond acceptors (Lipinski definition) is 8. The van der Waals surface area contributed by atoms with E-state index in [1.54, 1.807) is 38.4 Å². The van der Waals surface area contributed by atoms with Crippen LogP contribution in [0.4, 0.5) is 17.5 Å². The summed E-state index contributed by atoms with van der Waals surface area (Å²) >= 11 is 0. The van der Waals surface area contributed by atoms with Crippen LogP contribution in [0.3, 0.4) is 0 Å². The van der Waals surface area contributed by atoms with Crippen molar-refractivity contribution in [1.29, 1.82) is 5.26 Å². The summed E-state index contributed by atoms with van der Waals surface area (Å²) in [7, 11) is 5.49. The number of hydrogen-bond donors (Lipinski definition) is 3. The summed E-state index contributed by atoms with van der Waals surface area (Å²) in [5.74, 6) is 0.827. The molecule has 1 aromatic heterocycles. The number of nitrogens with one attached hydrogen (secondary N) is 3. The standard InChI is InChI=1S/C30H42N8O2/c1-7-16-32-28-25(21-34-30(36-28)35-26-14-12-24(20-31)13-15-26)19-22(2)10-8-17-33-29(40)23(3)38(6)27(39)11-9-18-37(4)5/h9,11-15,19,21,23H,7-8,10,16-18H2,1-6H3,(H,33,40)(H2,32,34,35,36)/b11-9+,22-19-/t23-/m0/s1. The average molecular weight is 547 g/mol. The highest BCUT2D eigenvalue weighted by Crippen LogP contribution is 2.21. The highest BCUT2D eigenvalue weighted by molar-refractivity contribution is 5.92. The van der Waals surface area contributed by atoms with E-state index >= 15 is 0 Å². The van der Waals surface area contributed by atoms with E-state index in [2.05, 4.69) is 45.0 Å². The topological polar surface area (TPSA) is 126 Å². The van der Waals surface area contributed by atoms with Crippen molar-refractivity contribution in [3.05, 3.63) is 59.3 Å². The van der Waals surface area contributed by atoms with Gasteiger partial charge in [-0.15, -0.1) is 0 Å². The maximum absolute atomic E-state index is 12.5. The molecule has 0 bridgehead atoms. The van der Waals surface area contributed by atoms with Crippen LogP contribution < -0.4 is 16.0 Å². The number of rotatable bonds is 15. The summed E-state index contributed by atoms with van der Waals surface area (Å²) in [6.07, 6.45) is 9.63. The predicted molar refractivity (Wildman–Crippen MR) is 161 cm³/mol. The summed E-state index contributed by atoms with van der Waals surface area (Å²) in [4.78, 5) is 37.4. The lowest BCUT2D eigenvalue weighted by molar-refractivity contribution is -0.135. The molecule has 1 aromatic carbocycles. The Balaban J connectivity index is 1.92. The van der Waals surface area contributed by atoms with Gasteiger partial charge in [0.1, 0.15) is 11.9 Å². The van der Waals surface area contributed by atoms with Gasteiger partial charge in [0.15, 0.2) is 0 Å². The minimum atomic E-state index is -0.561. The normalized spacial score (nSPS) is 12.2. The first-order valence-electron chi connectivity index (χ1n) is 13.6. The van der Waals surface area contributed by atoms with E-state index in [1.165, 1.54) is 11.0 Å². The Labute approximate surface area is 238 Å². The molecule has 2 aromatic rings. The first-order valence-corrected chi connectivity index (χ1v) is 13.6. The van der Waals surface area contributed by atoms with Crippen molar-refractivity contribution in [3.63, 3.8) is 0 Å². The minimum Gasteiger partial charge on any atom is -0.369 e. The lowest BCUT2D eigenvalue weighted by Gasteiger charge is -2.23. The van der Waals surface area contributed by atoms with Gasteiger partial charge in [0.05, 0.1) is 11.6 Å². The molecular weight excluding hydrogens is 504 g/mol. The van der Waals surface area contributed by atoms with Gasteiger partial charge in [0.25, 0.3) is 0 Å². The molecule has 10 heteroatoms. The molecule has 0 aliphatic carbocycles. The Morgan fingerprint density at radius 2 is 1.88 bits per heavy atom. The largest absolute Gasteiger partial charge is 0.369 e. The number of allylic oxidation sites excluding steroid dienone is 1. The maximum atomic E-state index is 12.5. The molecular formula is C30H42N8O2. The second-order valence-corrected chi connectivity index (χ2v) is 9.91. The molecule has 10 nitrogen and oxygen atoms in total. The van der Waals surface area contributed by atoms with E-state index < -0.39 is 6.04 Å². The minimum absolute atomic E-state index is 0.178. The summed E-state index contributed by atoms with van der Waals surface area (Å²) in [6, 6.07) is 8.66. The third-order valence-electron chi connectivity index (χ3n) is 6.12. The van der Waals surface area contributed by atoms with Crippen molar-refractivity contribution in [1.82, 2.24) is 25.1 Å². The van der Waals surface area contributed by atoms with Crippen LogP contribution in [0.2, 0.25) is 0 Å². The molecule has 1 atom stereocenters. The molecule has 0 unspecified atom stereocenters. The SMILES string of the molecule is CCCNc1nc(Nc2ccc(C#N)cc2)ncc1/C=C(/C)CCCNC(=O)[C@H](C)N(C)C(=O)/C=C/CN(C)C. The lowest BCUT2D eigenvalue weighted by atomic mass is 10.1. The summed E-state index contributed by atoms with van der Waals surface area (Å²) < 4.78 is 0.